The Morgan fingerprint density at radius 3 is 2.84 bits per heavy atom. The molecule has 5 heteroatoms. The zero-order valence-corrected chi connectivity index (χ0v) is 11.4. The van der Waals surface area contributed by atoms with E-state index in [0.717, 1.165) is 10.2 Å². The van der Waals surface area contributed by atoms with E-state index in [1.807, 2.05) is 24.3 Å². The summed E-state index contributed by atoms with van der Waals surface area (Å²) in [4.78, 5) is 12.2. The van der Waals surface area contributed by atoms with Gasteiger partial charge < -0.3 is 14.8 Å². The van der Waals surface area contributed by atoms with Gasteiger partial charge >= 0.3 is 0 Å². The molecule has 4 nitrogen and oxygen atoms in total. The number of benzene rings is 2. The quantitative estimate of drug-likeness (QED) is 0.922. The topological polar surface area (TPSA) is 47.6 Å². The van der Waals surface area contributed by atoms with Gasteiger partial charge in [-0.05, 0) is 30.3 Å². The van der Waals surface area contributed by atoms with Crippen molar-refractivity contribution in [2.75, 3.05) is 12.1 Å². The lowest BCUT2D eigenvalue weighted by molar-refractivity contribution is 0.102. The Kier molecular flexibility index (Phi) is 3.13. The number of rotatable bonds is 2. The van der Waals surface area contributed by atoms with Crippen LogP contribution in [0, 0.1) is 0 Å². The maximum atomic E-state index is 12.2. The van der Waals surface area contributed by atoms with E-state index in [2.05, 4.69) is 21.2 Å². The Hall–Kier alpha value is -2.01. The highest BCUT2D eigenvalue weighted by molar-refractivity contribution is 9.10. The normalized spacial score (nSPS) is 12.3. The molecule has 19 heavy (non-hydrogen) atoms. The number of nitrogens with one attached hydrogen (secondary N) is 1. The second-order valence-corrected chi connectivity index (χ2v) is 4.92. The highest BCUT2D eigenvalue weighted by Gasteiger charge is 2.21. The molecule has 0 unspecified atom stereocenters. The van der Waals surface area contributed by atoms with Crippen molar-refractivity contribution in [3.05, 3.63) is 52.5 Å². The molecule has 0 aliphatic carbocycles. The summed E-state index contributed by atoms with van der Waals surface area (Å²) in [5.41, 5.74) is 1.19. The van der Waals surface area contributed by atoms with Gasteiger partial charge in [-0.25, -0.2) is 0 Å². The summed E-state index contributed by atoms with van der Waals surface area (Å²) in [6.07, 6.45) is 0. The van der Waals surface area contributed by atoms with Gasteiger partial charge in [-0.1, -0.05) is 28.1 Å². The number of hydrogen-bond donors (Lipinski definition) is 1. The maximum absolute atomic E-state index is 12.2. The van der Waals surface area contributed by atoms with Crippen LogP contribution in [0.2, 0.25) is 0 Å². The average Bonchev–Trinajstić information content (AvgIpc) is 2.86. The molecular formula is C14H10BrNO3. The molecule has 2 aromatic rings. The number of para-hydroxylation sites is 1. The molecular weight excluding hydrogens is 310 g/mol. The largest absolute Gasteiger partial charge is 0.454 e. The molecule has 0 fully saturated rings. The SMILES string of the molecule is O=C(Nc1cccc(Br)c1)c1cccc2c1OCO2. The van der Waals surface area contributed by atoms with E-state index >= 15 is 0 Å². The van der Waals surface area contributed by atoms with E-state index < -0.39 is 0 Å². The van der Waals surface area contributed by atoms with E-state index in [-0.39, 0.29) is 12.7 Å². The standard InChI is InChI=1S/C14H10BrNO3/c15-9-3-1-4-10(7-9)16-14(17)11-5-2-6-12-13(11)19-8-18-12/h1-7H,8H2,(H,16,17). The molecule has 0 saturated heterocycles. The Balaban J connectivity index is 1.87. The molecule has 1 aliphatic rings. The maximum Gasteiger partial charge on any atom is 0.259 e. The molecule has 1 aliphatic heterocycles. The fraction of sp³-hybridized carbons (Fsp3) is 0.0714. The summed E-state index contributed by atoms with van der Waals surface area (Å²) in [7, 11) is 0. The third kappa shape index (κ3) is 2.42. The van der Waals surface area contributed by atoms with E-state index in [4.69, 9.17) is 9.47 Å². The lowest BCUT2D eigenvalue weighted by atomic mass is 10.1. The highest BCUT2D eigenvalue weighted by Crippen LogP contribution is 2.35. The van der Waals surface area contributed by atoms with Crippen LogP contribution in [0.15, 0.2) is 46.9 Å². The molecule has 0 saturated carbocycles. The summed E-state index contributed by atoms with van der Waals surface area (Å²) >= 11 is 3.36. The van der Waals surface area contributed by atoms with Crippen LogP contribution in [-0.2, 0) is 0 Å². The van der Waals surface area contributed by atoms with Crippen molar-refractivity contribution in [1.82, 2.24) is 0 Å². The molecule has 1 N–H and O–H groups in total. The molecule has 1 amide bonds. The lowest BCUT2D eigenvalue weighted by Crippen LogP contribution is -2.12. The van der Waals surface area contributed by atoms with Crippen molar-refractivity contribution >= 4 is 27.5 Å². The summed E-state index contributed by atoms with van der Waals surface area (Å²) in [6, 6.07) is 12.7. The predicted molar refractivity (Wildman–Crippen MR) is 74.7 cm³/mol. The first-order valence-electron chi connectivity index (χ1n) is 5.69. The summed E-state index contributed by atoms with van der Waals surface area (Å²) < 4.78 is 11.5. The number of anilines is 1. The van der Waals surface area contributed by atoms with E-state index in [1.165, 1.54) is 0 Å². The number of hydrogen-bond acceptors (Lipinski definition) is 3. The van der Waals surface area contributed by atoms with Gasteiger partial charge in [0.05, 0.1) is 5.56 Å². The van der Waals surface area contributed by atoms with Crippen molar-refractivity contribution in [3.63, 3.8) is 0 Å². The van der Waals surface area contributed by atoms with Gasteiger partial charge in [0, 0.05) is 10.2 Å². The van der Waals surface area contributed by atoms with Crippen molar-refractivity contribution in [1.29, 1.82) is 0 Å². The van der Waals surface area contributed by atoms with Gasteiger partial charge in [0.1, 0.15) is 0 Å². The Morgan fingerprint density at radius 1 is 1.16 bits per heavy atom. The van der Waals surface area contributed by atoms with Gasteiger partial charge in [0.2, 0.25) is 6.79 Å². The molecule has 3 rings (SSSR count). The number of ether oxygens (including phenoxy) is 2. The minimum atomic E-state index is -0.222. The minimum absolute atomic E-state index is 0.149. The minimum Gasteiger partial charge on any atom is -0.454 e. The molecule has 0 spiro atoms. The summed E-state index contributed by atoms with van der Waals surface area (Å²) in [5, 5.41) is 2.82. The van der Waals surface area contributed by atoms with Crippen LogP contribution in [0.3, 0.4) is 0 Å². The third-order valence-corrected chi connectivity index (χ3v) is 3.22. The van der Waals surface area contributed by atoms with Crippen LogP contribution in [0.4, 0.5) is 5.69 Å². The first-order valence-corrected chi connectivity index (χ1v) is 6.49. The average molecular weight is 320 g/mol. The van der Waals surface area contributed by atoms with Crippen molar-refractivity contribution in [2.24, 2.45) is 0 Å². The van der Waals surface area contributed by atoms with E-state index in [0.29, 0.717) is 17.1 Å². The number of carbonyl (C=O) groups excluding carboxylic acids is 1. The van der Waals surface area contributed by atoms with Gasteiger partial charge in [-0.3, -0.25) is 4.79 Å². The fourth-order valence-corrected chi connectivity index (χ4v) is 2.27. The second-order valence-electron chi connectivity index (χ2n) is 4.00. The molecule has 96 valence electrons. The fourth-order valence-electron chi connectivity index (χ4n) is 1.87. The van der Waals surface area contributed by atoms with Gasteiger partial charge in [-0.2, -0.15) is 0 Å². The monoisotopic (exact) mass is 319 g/mol. The van der Waals surface area contributed by atoms with E-state index in [9.17, 15) is 4.79 Å². The van der Waals surface area contributed by atoms with Crippen molar-refractivity contribution < 1.29 is 14.3 Å². The van der Waals surface area contributed by atoms with Crippen LogP contribution < -0.4 is 14.8 Å². The van der Waals surface area contributed by atoms with Gasteiger partial charge in [0.25, 0.3) is 5.91 Å². The molecule has 0 radical (unpaired) electrons. The Morgan fingerprint density at radius 2 is 2.00 bits per heavy atom. The summed E-state index contributed by atoms with van der Waals surface area (Å²) in [6.45, 7) is 0.149. The van der Waals surface area contributed by atoms with Crippen LogP contribution in [0.25, 0.3) is 0 Å². The zero-order valence-electron chi connectivity index (χ0n) is 9.85. The molecule has 2 aromatic carbocycles. The molecule has 0 atom stereocenters. The predicted octanol–water partition coefficient (Wildman–Crippen LogP) is 3.43. The summed E-state index contributed by atoms with van der Waals surface area (Å²) in [5.74, 6) is 0.873. The van der Waals surface area contributed by atoms with Gasteiger partial charge in [-0.15, -0.1) is 0 Å². The number of halogens is 1. The number of fused-ring (bicyclic) bond motifs is 1. The van der Waals surface area contributed by atoms with Crippen LogP contribution in [0.1, 0.15) is 10.4 Å². The van der Waals surface area contributed by atoms with Crippen LogP contribution in [0.5, 0.6) is 11.5 Å². The lowest BCUT2D eigenvalue weighted by Gasteiger charge is -2.07. The number of amides is 1. The molecule has 0 bridgehead atoms. The Bertz CT molecular complexity index is 642. The van der Waals surface area contributed by atoms with Crippen LogP contribution >= 0.6 is 15.9 Å². The van der Waals surface area contributed by atoms with Crippen molar-refractivity contribution in [2.45, 2.75) is 0 Å². The van der Waals surface area contributed by atoms with Gasteiger partial charge in [0.15, 0.2) is 11.5 Å². The van der Waals surface area contributed by atoms with Crippen LogP contribution in [-0.4, -0.2) is 12.7 Å². The molecule has 0 aromatic heterocycles. The second kappa shape index (κ2) is 4.93. The first-order chi connectivity index (χ1) is 9.24. The van der Waals surface area contributed by atoms with Crippen molar-refractivity contribution in [3.8, 4) is 11.5 Å². The smallest absolute Gasteiger partial charge is 0.259 e. The molecule has 1 heterocycles. The Labute approximate surface area is 118 Å². The zero-order chi connectivity index (χ0) is 13.2. The number of carbonyl (C=O) groups is 1. The van der Waals surface area contributed by atoms with E-state index in [1.54, 1.807) is 18.2 Å². The third-order valence-electron chi connectivity index (χ3n) is 2.72. The first kappa shape index (κ1) is 12.0. The highest BCUT2D eigenvalue weighted by atomic mass is 79.9.